The molecule has 0 fully saturated rings. The molecule has 8 heteroatoms. The minimum atomic E-state index is -0.451. The van der Waals surface area contributed by atoms with Crippen molar-refractivity contribution in [3.05, 3.63) is 35.3 Å². The quantitative estimate of drug-likeness (QED) is 0.489. The van der Waals surface area contributed by atoms with Crippen LogP contribution in [0.4, 0.5) is 4.39 Å². The second-order valence-corrected chi connectivity index (χ2v) is 5.66. The van der Waals surface area contributed by atoms with Gasteiger partial charge in [-0.3, -0.25) is 15.2 Å². The first kappa shape index (κ1) is 18.2. The maximum atomic E-state index is 13.3. The molecular formula is C16H20FN3O3S. The van der Waals surface area contributed by atoms with E-state index < -0.39 is 5.91 Å². The molecule has 1 aromatic heterocycles. The van der Waals surface area contributed by atoms with E-state index in [4.69, 9.17) is 21.4 Å². The van der Waals surface area contributed by atoms with Gasteiger partial charge in [0.2, 0.25) is 0 Å². The van der Waals surface area contributed by atoms with Gasteiger partial charge >= 0.3 is 5.91 Å². The number of hydrazine groups is 1. The molecule has 0 radical (unpaired) electrons. The first-order valence-corrected chi connectivity index (χ1v) is 7.85. The highest BCUT2D eigenvalue weighted by Crippen LogP contribution is 2.25. The highest BCUT2D eigenvalue weighted by molar-refractivity contribution is 7.80. The number of ether oxygens (including phenoxy) is 1. The normalized spacial score (nSPS) is 10.7. The van der Waals surface area contributed by atoms with Crippen LogP contribution in [0.25, 0.3) is 11.0 Å². The van der Waals surface area contributed by atoms with Gasteiger partial charge in [0.1, 0.15) is 11.4 Å². The number of fused-ring (bicyclic) bond motifs is 1. The fourth-order valence-electron chi connectivity index (χ4n) is 2.19. The van der Waals surface area contributed by atoms with E-state index in [1.54, 1.807) is 21.1 Å². The second kappa shape index (κ2) is 8.07. The lowest BCUT2D eigenvalue weighted by Crippen LogP contribution is -2.48. The molecule has 2 N–H and O–H groups in total. The molecule has 0 aliphatic heterocycles. The van der Waals surface area contributed by atoms with Crippen molar-refractivity contribution in [2.75, 3.05) is 27.3 Å². The van der Waals surface area contributed by atoms with Crippen molar-refractivity contribution in [1.29, 1.82) is 0 Å². The Morgan fingerprint density at radius 1 is 1.46 bits per heavy atom. The van der Waals surface area contributed by atoms with Gasteiger partial charge in [0.15, 0.2) is 10.9 Å². The van der Waals surface area contributed by atoms with Crippen molar-refractivity contribution in [2.24, 2.45) is 0 Å². The molecule has 2 rings (SSSR count). The van der Waals surface area contributed by atoms with Gasteiger partial charge < -0.3 is 14.5 Å². The van der Waals surface area contributed by atoms with Crippen molar-refractivity contribution in [1.82, 2.24) is 15.8 Å². The number of nitrogens with zero attached hydrogens (tertiary/aromatic N) is 1. The molecule has 1 aromatic carbocycles. The summed E-state index contributed by atoms with van der Waals surface area (Å²) in [5.74, 6) is -0.700. The van der Waals surface area contributed by atoms with Gasteiger partial charge in [0.05, 0.1) is 0 Å². The number of methoxy groups -OCH3 is 1. The lowest BCUT2D eigenvalue weighted by atomic mass is 10.1. The van der Waals surface area contributed by atoms with Crippen LogP contribution in [-0.4, -0.2) is 43.3 Å². The summed E-state index contributed by atoms with van der Waals surface area (Å²) in [5.41, 5.74) is 3.66. The number of benzene rings is 1. The number of aryl methyl sites for hydroxylation is 1. The highest BCUT2D eigenvalue weighted by Gasteiger charge is 2.19. The molecule has 0 atom stereocenters. The Kier molecular flexibility index (Phi) is 6.10. The Morgan fingerprint density at radius 3 is 2.92 bits per heavy atom. The van der Waals surface area contributed by atoms with Gasteiger partial charge in [0.25, 0.3) is 0 Å². The molecule has 24 heavy (non-hydrogen) atoms. The van der Waals surface area contributed by atoms with Crippen LogP contribution < -0.4 is 10.7 Å². The van der Waals surface area contributed by atoms with E-state index in [1.165, 1.54) is 23.2 Å². The molecule has 130 valence electrons. The summed E-state index contributed by atoms with van der Waals surface area (Å²) < 4.78 is 23.8. The van der Waals surface area contributed by atoms with Crippen molar-refractivity contribution in [3.63, 3.8) is 0 Å². The first-order chi connectivity index (χ1) is 11.4. The summed E-state index contributed by atoms with van der Waals surface area (Å²) >= 11 is 5.19. The predicted molar refractivity (Wildman–Crippen MR) is 93.2 cm³/mol. The third-order valence-corrected chi connectivity index (χ3v) is 3.90. The van der Waals surface area contributed by atoms with Crippen molar-refractivity contribution >= 4 is 34.2 Å². The molecule has 0 saturated heterocycles. The van der Waals surface area contributed by atoms with Crippen molar-refractivity contribution < 1.29 is 18.3 Å². The summed E-state index contributed by atoms with van der Waals surface area (Å²) in [6.45, 7) is 2.97. The molecule has 6 nitrogen and oxygen atoms in total. The van der Waals surface area contributed by atoms with Crippen LogP contribution in [-0.2, 0) is 4.74 Å². The number of hydrogen-bond acceptors (Lipinski definition) is 4. The SMILES string of the molecule is COCCCNC(=S)N(C)NC(=O)c1oc2ccc(F)cc2c1C. The predicted octanol–water partition coefficient (Wildman–Crippen LogP) is 2.37. The van der Waals surface area contributed by atoms with E-state index >= 15 is 0 Å². The number of carbonyl (C=O) groups excluding carboxylic acids is 1. The Hall–Kier alpha value is -2.19. The Balaban J connectivity index is 2.01. The highest BCUT2D eigenvalue weighted by atomic mass is 32.1. The van der Waals surface area contributed by atoms with E-state index in [-0.39, 0.29) is 11.6 Å². The molecule has 0 saturated carbocycles. The molecule has 1 amide bonds. The number of furan rings is 1. The zero-order chi connectivity index (χ0) is 17.7. The molecule has 0 aliphatic rings. The van der Waals surface area contributed by atoms with E-state index in [2.05, 4.69) is 10.7 Å². The van der Waals surface area contributed by atoms with Crippen LogP contribution in [0.1, 0.15) is 22.5 Å². The monoisotopic (exact) mass is 353 g/mol. The number of rotatable bonds is 5. The minimum Gasteiger partial charge on any atom is -0.451 e. The zero-order valence-electron chi connectivity index (χ0n) is 13.8. The average molecular weight is 353 g/mol. The molecule has 0 aliphatic carbocycles. The maximum Gasteiger partial charge on any atom is 0.305 e. The largest absolute Gasteiger partial charge is 0.451 e. The summed E-state index contributed by atoms with van der Waals surface area (Å²) in [6.07, 6.45) is 0.798. The van der Waals surface area contributed by atoms with Crippen LogP contribution in [0.15, 0.2) is 22.6 Å². The van der Waals surface area contributed by atoms with E-state index in [0.717, 1.165) is 6.42 Å². The summed E-state index contributed by atoms with van der Waals surface area (Å²) in [7, 11) is 3.26. The Labute approximate surface area is 144 Å². The standard InChI is InChI=1S/C16H20FN3O3S/c1-10-12-9-11(17)5-6-13(12)23-14(10)15(21)19-20(2)16(24)18-7-4-8-22-3/h5-6,9H,4,7-8H2,1-3H3,(H,18,24)(H,19,21). The number of thiocarbonyl (C=S) groups is 1. The Morgan fingerprint density at radius 2 is 2.21 bits per heavy atom. The van der Waals surface area contributed by atoms with Gasteiger partial charge in [-0.2, -0.15) is 0 Å². The lowest BCUT2D eigenvalue weighted by Gasteiger charge is -2.21. The van der Waals surface area contributed by atoms with Crippen LogP contribution in [0.5, 0.6) is 0 Å². The average Bonchev–Trinajstić information content (AvgIpc) is 2.88. The Bertz CT molecular complexity index is 747. The van der Waals surface area contributed by atoms with Crippen LogP contribution in [0.3, 0.4) is 0 Å². The van der Waals surface area contributed by atoms with Gasteiger partial charge in [-0.1, -0.05) is 0 Å². The molecule has 0 bridgehead atoms. The lowest BCUT2D eigenvalue weighted by molar-refractivity contribution is 0.0858. The van der Waals surface area contributed by atoms with Gasteiger partial charge in [-0.05, 0) is 43.8 Å². The van der Waals surface area contributed by atoms with Crippen molar-refractivity contribution in [3.8, 4) is 0 Å². The fourth-order valence-corrected chi connectivity index (χ4v) is 2.34. The topological polar surface area (TPSA) is 66.7 Å². The zero-order valence-corrected chi connectivity index (χ0v) is 14.6. The fraction of sp³-hybridized carbons (Fsp3) is 0.375. The first-order valence-electron chi connectivity index (χ1n) is 7.44. The number of hydrogen-bond donors (Lipinski definition) is 2. The van der Waals surface area contributed by atoms with Gasteiger partial charge in [-0.25, -0.2) is 4.39 Å². The van der Waals surface area contributed by atoms with Crippen LogP contribution in [0.2, 0.25) is 0 Å². The van der Waals surface area contributed by atoms with E-state index in [9.17, 15) is 9.18 Å². The molecule has 0 spiro atoms. The third kappa shape index (κ3) is 4.21. The third-order valence-electron chi connectivity index (χ3n) is 3.48. The number of amides is 1. The minimum absolute atomic E-state index is 0.129. The summed E-state index contributed by atoms with van der Waals surface area (Å²) in [4.78, 5) is 12.4. The summed E-state index contributed by atoms with van der Waals surface area (Å²) in [5, 5.41) is 5.35. The van der Waals surface area contributed by atoms with Gasteiger partial charge in [-0.15, -0.1) is 0 Å². The number of halogens is 1. The van der Waals surface area contributed by atoms with E-state index in [0.29, 0.717) is 34.8 Å². The second-order valence-electron chi connectivity index (χ2n) is 5.27. The smallest absolute Gasteiger partial charge is 0.305 e. The van der Waals surface area contributed by atoms with Crippen LogP contribution in [0, 0.1) is 12.7 Å². The molecule has 0 unspecified atom stereocenters. The van der Waals surface area contributed by atoms with Crippen molar-refractivity contribution in [2.45, 2.75) is 13.3 Å². The maximum absolute atomic E-state index is 13.3. The summed E-state index contributed by atoms with van der Waals surface area (Å²) in [6, 6.07) is 4.13. The van der Waals surface area contributed by atoms with Gasteiger partial charge in [0, 0.05) is 38.3 Å². The molecular weight excluding hydrogens is 333 g/mol. The molecule has 2 aromatic rings. The van der Waals surface area contributed by atoms with E-state index in [1.807, 2.05) is 0 Å². The number of nitrogens with one attached hydrogen (secondary N) is 2. The molecule has 1 heterocycles. The van der Waals surface area contributed by atoms with Crippen LogP contribution >= 0.6 is 12.2 Å². The number of carbonyl (C=O) groups is 1.